The quantitative estimate of drug-likeness (QED) is 0.698. The number of aryl methyl sites for hydroxylation is 1. The van der Waals surface area contributed by atoms with Gasteiger partial charge >= 0.3 is 0 Å². The predicted octanol–water partition coefficient (Wildman–Crippen LogP) is 3.97. The van der Waals surface area contributed by atoms with Crippen LogP contribution < -0.4 is 5.32 Å². The van der Waals surface area contributed by atoms with Crippen molar-refractivity contribution in [2.45, 2.75) is 51.5 Å². The van der Waals surface area contributed by atoms with Crippen LogP contribution in [0.2, 0.25) is 0 Å². The SMILES string of the molecule is Cc1[nH]c2c(c1C(=O)N1CCC[C@H]1CN1CCCC1)CC/C2=C1/C(=O)Nc2ccc(F)cc21. The largest absolute Gasteiger partial charge is 0.358 e. The Labute approximate surface area is 192 Å². The van der Waals surface area contributed by atoms with Gasteiger partial charge in [-0.05, 0) is 87.9 Å². The first-order valence-electron chi connectivity index (χ1n) is 12.1. The monoisotopic (exact) mass is 448 g/mol. The maximum Gasteiger partial charge on any atom is 0.256 e. The number of amides is 2. The van der Waals surface area contributed by atoms with Gasteiger partial charge in [0.25, 0.3) is 11.8 Å². The summed E-state index contributed by atoms with van der Waals surface area (Å²) in [7, 11) is 0. The molecule has 2 N–H and O–H groups in total. The standard InChI is InChI=1S/C26H29FN4O2/c1-15-22(26(33)31-12-4-5-17(31)14-30-10-2-3-11-30)18-7-8-19(24(18)28-15)23-20-13-16(27)6-9-21(20)29-25(23)32/h6,9,13,17,28H,2-5,7-8,10-12,14H2,1H3,(H,29,32)/b23-19-/t17-/m0/s1. The second kappa shape index (κ2) is 7.83. The normalized spacial score (nSPS) is 24.5. The Kier molecular flexibility index (Phi) is 4.91. The van der Waals surface area contributed by atoms with Gasteiger partial charge in [-0.1, -0.05) is 0 Å². The van der Waals surface area contributed by atoms with Crippen molar-refractivity contribution in [3.8, 4) is 0 Å². The highest BCUT2D eigenvalue weighted by Crippen LogP contribution is 2.44. The number of carbonyl (C=O) groups excluding carboxylic acids is 2. The molecule has 33 heavy (non-hydrogen) atoms. The zero-order chi connectivity index (χ0) is 22.7. The first-order chi connectivity index (χ1) is 16.0. The molecule has 6 rings (SSSR count). The van der Waals surface area contributed by atoms with Gasteiger partial charge in [0.1, 0.15) is 5.82 Å². The van der Waals surface area contributed by atoms with Crippen LogP contribution in [0, 0.1) is 12.7 Å². The van der Waals surface area contributed by atoms with Crippen molar-refractivity contribution in [2.75, 3.05) is 31.5 Å². The van der Waals surface area contributed by atoms with Crippen LogP contribution in [-0.4, -0.2) is 58.8 Å². The molecule has 7 heteroatoms. The van der Waals surface area contributed by atoms with E-state index >= 15 is 0 Å². The minimum atomic E-state index is -0.363. The third-order valence-electron chi connectivity index (χ3n) is 7.77. The second-order valence-electron chi connectivity index (χ2n) is 9.78. The van der Waals surface area contributed by atoms with Crippen molar-refractivity contribution in [3.05, 3.63) is 52.1 Å². The van der Waals surface area contributed by atoms with Crippen molar-refractivity contribution < 1.29 is 14.0 Å². The van der Waals surface area contributed by atoms with Gasteiger partial charge in [-0.15, -0.1) is 0 Å². The molecule has 1 atom stereocenters. The van der Waals surface area contributed by atoms with E-state index in [9.17, 15) is 14.0 Å². The lowest BCUT2D eigenvalue weighted by Crippen LogP contribution is -2.42. The maximum atomic E-state index is 14.0. The topological polar surface area (TPSA) is 68.4 Å². The molecule has 2 amide bonds. The summed E-state index contributed by atoms with van der Waals surface area (Å²) >= 11 is 0. The summed E-state index contributed by atoms with van der Waals surface area (Å²) in [5, 5.41) is 2.85. The first kappa shape index (κ1) is 20.7. The second-order valence-corrected chi connectivity index (χ2v) is 9.78. The van der Waals surface area contributed by atoms with Crippen molar-refractivity contribution in [3.63, 3.8) is 0 Å². The summed E-state index contributed by atoms with van der Waals surface area (Å²) < 4.78 is 14.0. The fourth-order valence-electron chi connectivity index (χ4n) is 6.24. The molecule has 1 aromatic heterocycles. The molecule has 4 aliphatic rings. The van der Waals surface area contributed by atoms with Gasteiger partial charge in [0.2, 0.25) is 0 Å². The Morgan fingerprint density at radius 3 is 2.79 bits per heavy atom. The third-order valence-corrected chi connectivity index (χ3v) is 7.77. The maximum absolute atomic E-state index is 14.0. The number of hydrogen-bond acceptors (Lipinski definition) is 3. The number of H-pyrrole nitrogens is 1. The number of allylic oxidation sites excluding steroid dienone is 1. The molecule has 0 saturated carbocycles. The van der Waals surface area contributed by atoms with Crippen LogP contribution in [0.4, 0.5) is 10.1 Å². The van der Waals surface area contributed by atoms with Gasteiger partial charge in [-0.2, -0.15) is 0 Å². The van der Waals surface area contributed by atoms with Gasteiger partial charge in [-0.25, -0.2) is 4.39 Å². The number of rotatable bonds is 3. The fraction of sp³-hybridized carbons (Fsp3) is 0.462. The average Bonchev–Trinajstić information content (AvgIpc) is 3.58. The molecule has 172 valence electrons. The highest BCUT2D eigenvalue weighted by Gasteiger charge is 2.38. The number of hydrogen-bond donors (Lipinski definition) is 2. The molecule has 6 nitrogen and oxygen atoms in total. The summed E-state index contributed by atoms with van der Waals surface area (Å²) in [5.41, 5.74) is 6.14. The zero-order valence-electron chi connectivity index (χ0n) is 19.0. The van der Waals surface area contributed by atoms with Crippen molar-refractivity contribution in [2.24, 2.45) is 0 Å². The van der Waals surface area contributed by atoms with Crippen LogP contribution in [0.25, 0.3) is 11.1 Å². The predicted molar refractivity (Wildman–Crippen MR) is 125 cm³/mol. The van der Waals surface area contributed by atoms with E-state index in [1.165, 1.54) is 25.0 Å². The Hall–Kier alpha value is -2.93. The van der Waals surface area contributed by atoms with Gasteiger partial charge in [-0.3, -0.25) is 9.59 Å². The Morgan fingerprint density at radius 2 is 1.97 bits per heavy atom. The molecule has 3 aliphatic heterocycles. The lowest BCUT2D eigenvalue weighted by molar-refractivity contribution is -0.110. The fourth-order valence-corrected chi connectivity index (χ4v) is 6.24. The minimum absolute atomic E-state index is 0.111. The molecular weight excluding hydrogens is 419 g/mol. The van der Waals surface area contributed by atoms with Crippen molar-refractivity contribution in [1.82, 2.24) is 14.8 Å². The summed E-state index contributed by atoms with van der Waals surface area (Å²) in [5.74, 6) is -0.456. The number of likely N-dealkylation sites (tertiary alicyclic amines) is 2. The molecule has 4 heterocycles. The number of carbonyl (C=O) groups is 2. The summed E-state index contributed by atoms with van der Waals surface area (Å²) in [4.78, 5) is 34.5. The minimum Gasteiger partial charge on any atom is -0.358 e. The van der Waals surface area contributed by atoms with Crippen LogP contribution in [0.1, 0.15) is 65.0 Å². The summed E-state index contributed by atoms with van der Waals surface area (Å²) in [6.45, 7) is 5.99. The van der Waals surface area contributed by atoms with Crippen molar-refractivity contribution >= 4 is 28.6 Å². The van der Waals surface area contributed by atoms with Crippen LogP contribution in [-0.2, 0) is 11.2 Å². The third kappa shape index (κ3) is 3.32. The van der Waals surface area contributed by atoms with Crippen LogP contribution in [0.15, 0.2) is 18.2 Å². The van der Waals surface area contributed by atoms with Gasteiger partial charge < -0.3 is 20.1 Å². The number of aromatic nitrogens is 1. The van der Waals surface area contributed by atoms with E-state index < -0.39 is 0 Å². The number of benzene rings is 1. The highest BCUT2D eigenvalue weighted by molar-refractivity contribution is 6.37. The Morgan fingerprint density at radius 1 is 1.15 bits per heavy atom. The van der Waals surface area contributed by atoms with Crippen LogP contribution >= 0.6 is 0 Å². The highest BCUT2D eigenvalue weighted by atomic mass is 19.1. The van der Waals surface area contributed by atoms with E-state index in [2.05, 4.69) is 20.1 Å². The average molecular weight is 449 g/mol. The number of aromatic amines is 1. The Balaban J connectivity index is 1.35. The number of anilines is 1. The molecule has 0 unspecified atom stereocenters. The first-order valence-corrected chi connectivity index (χ1v) is 12.1. The number of nitrogens with one attached hydrogen (secondary N) is 2. The van der Waals surface area contributed by atoms with E-state index in [0.29, 0.717) is 29.7 Å². The molecule has 1 aromatic carbocycles. The van der Waals surface area contributed by atoms with Gasteiger partial charge in [0.15, 0.2) is 0 Å². The van der Waals surface area contributed by atoms with Crippen molar-refractivity contribution in [1.29, 1.82) is 0 Å². The molecule has 0 radical (unpaired) electrons. The summed E-state index contributed by atoms with van der Waals surface area (Å²) in [6.07, 6.45) is 5.99. The summed E-state index contributed by atoms with van der Waals surface area (Å²) in [6, 6.07) is 4.66. The van der Waals surface area contributed by atoms with Crippen LogP contribution in [0.3, 0.4) is 0 Å². The molecular formula is C26H29FN4O2. The van der Waals surface area contributed by atoms with Gasteiger partial charge in [0.05, 0.1) is 11.1 Å². The lowest BCUT2D eigenvalue weighted by Gasteiger charge is -2.29. The molecule has 2 fully saturated rings. The van der Waals surface area contributed by atoms with E-state index in [1.807, 2.05) is 6.92 Å². The number of halogens is 1. The molecule has 1 aliphatic carbocycles. The van der Waals surface area contributed by atoms with E-state index in [1.54, 1.807) is 6.07 Å². The molecule has 0 bridgehead atoms. The number of nitrogens with zero attached hydrogens (tertiary/aromatic N) is 2. The molecule has 2 aromatic rings. The van der Waals surface area contributed by atoms with E-state index in [0.717, 1.165) is 67.1 Å². The zero-order valence-corrected chi connectivity index (χ0v) is 19.0. The smallest absolute Gasteiger partial charge is 0.256 e. The van der Waals surface area contributed by atoms with Gasteiger partial charge in [0, 0.05) is 41.8 Å². The Bertz CT molecular complexity index is 1190. The number of fused-ring (bicyclic) bond motifs is 2. The molecule has 0 spiro atoms. The van der Waals surface area contributed by atoms with E-state index in [-0.39, 0.29) is 23.7 Å². The lowest BCUT2D eigenvalue weighted by atomic mass is 9.99. The van der Waals surface area contributed by atoms with Crippen LogP contribution in [0.5, 0.6) is 0 Å². The van der Waals surface area contributed by atoms with E-state index in [4.69, 9.17) is 0 Å². The molecule has 2 saturated heterocycles.